The van der Waals surface area contributed by atoms with Crippen LogP contribution >= 0.6 is 0 Å². The van der Waals surface area contributed by atoms with E-state index in [0.29, 0.717) is 17.0 Å². The molecule has 0 fully saturated rings. The molecule has 8 heteroatoms. The Bertz CT molecular complexity index is 554. The Labute approximate surface area is 151 Å². The van der Waals surface area contributed by atoms with Crippen molar-refractivity contribution < 1.29 is 69.1 Å². The maximum Gasteiger partial charge on any atom is 1.00 e. The summed E-state index contributed by atoms with van der Waals surface area (Å²) in [7, 11) is 2.82. The van der Waals surface area contributed by atoms with Crippen LogP contribution in [0.25, 0.3) is 11.3 Å². The van der Waals surface area contributed by atoms with Crippen LogP contribution in [0.4, 0.5) is 12.9 Å². The Morgan fingerprint density at radius 1 is 1.16 bits per heavy atom. The normalized spacial score (nSPS) is 11.0. The van der Waals surface area contributed by atoms with Crippen LogP contribution in [-0.2, 0) is 7.05 Å². The smallest absolute Gasteiger partial charge is 0.497 e. The summed E-state index contributed by atoms with van der Waals surface area (Å²) in [5.41, 5.74) is 0.216. The molecule has 2 aromatic rings. The molecule has 0 atom stereocenters. The van der Waals surface area contributed by atoms with E-state index in [4.69, 9.17) is 4.74 Å². The molecule has 19 heavy (non-hydrogen) atoms. The molecule has 1 heterocycles. The largest absolute Gasteiger partial charge is 1.00 e. The molecule has 0 unspecified atom stereocenters. The maximum absolute atomic E-state index is 12.7. The van der Waals surface area contributed by atoms with Crippen molar-refractivity contribution in [2.75, 3.05) is 7.11 Å². The minimum atomic E-state index is -5.04. The van der Waals surface area contributed by atoms with Crippen molar-refractivity contribution in [3.05, 3.63) is 30.3 Å². The molecule has 1 aromatic heterocycles. The van der Waals surface area contributed by atoms with E-state index in [1.807, 2.05) is 0 Å². The van der Waals surface area contributed by atoms with E-state index in [2.05, 4.69) is 5.10 Å². The van der Waals surface area contributed by atoms with E-state index in [1.165, 1.54) is 14.2 Å². The Morgan fingerprint density at radius 3 is 2.16 bits per heavy atom. The van der Waals surface area contributed by atoms with Crippen LogP contribution in [0.2, 0.25) is 0 Å². The minimum absolute atomic E-state index is 0. The van der Waals surface area contributed by atoms with Crippen molar-refractivity contribution in [2.45, 2.75) is 0 Å². The number of hydrogen-bond acceptors (Lipinski definition) is 2. The SMILES string of the molecule is COc1ccc(-c2cc([B-](F)(F)F)n(C)n2)cc1.[K+]. The molecule has 0 spiro atoms. The van der Waals surface area contributed by atoms with E-state index in [-0.39, 0.29) is 51.4 Å². The maximum atomic E-state index is 12.7. The quantitative estimate of drug-likeness (QED) is 0.690. The monoisotopic (exact) mass is 294 g/mol. The molecule has 0 N–H and O–H groups in total. The third-order valence-electron chi connectivity index (χ3n) is 2.64. The van der Waals surface area contributed by atoms with Crippen LogP contribution in [-0.4, -0.2) is 23.9 Å². The topological polar surface area (TPSA) is 27.1 Å². The van der Waals surface area contributed by atoms with Gasteiger partial charge in [-0.05, 0) is 35.9 Å². The van der Waals surface area contributed by atoms with E-state index < -0.39 is 12.6 Å². The molecular weight excluding hydrogens is 283 g/mol. The second-order valence-electron chi connectivity index (χ2n) is 3.88. The first-order valence-corrected chi connectivity index (χ1v) is 5.30. The van der Waals surface area contributed by atoms with Gasteiger partial charge in [-0.2, -0.15) is 5.10 Å². The number of ether oxygens (including phenoxy) is 1. The van der Waals surface area contributed by atoms with Gasteiger partial charge in [-0.25, -0.2) is 0 Å². The van der Waals surface area contributed by atoms with E-state index >= 15 is 0 Å². The predicted molar refractivity (Wildman–Crippen MR) is 63.9 cm³/mol. The van der Waals surface area contributed by atoms with Crippen LogP contribution in [0, 0.1) is 0 Å². The fraction of sp³-hybridized carbons (Fsp3) is 0.182. The molecule has 2 rings (SSSR count). The van der Waals surface area contributed by atoms with Gasteiger partial charge in [0.2, 0.25) is 0 Å². The van der Waals surface area contributed by atoms with Crippen molar-refractivity contribution in [2.24, 2.45) is 7.05 Å². The first-order chi connectivity index (χ1) is 8.41. The van der Waals surface area contributed by atoms with Crippen molar-refractivity contribution in [1.29, 1.82) is 0 Å². The van der Waals surface area contributed by atoms with Gasteiger partial charge in [-0.15, -0.1) is 0 Å². The molecule has 96 valence electrons. The van der Waals surface area contributed by atoms with Crippen LogP contribution < -0.4 is 61.7 Å². The standard InChI is InChI=1S/C11H11BF3N2O.K/c1-17-11(12(13,14)15)7-10(16-17)8-3-5-9(18-2)6-4-8;/h3-7H,1-2H3;/q-1;+1. The summed E-state index contributed by atoms with van der Waals surface area (Å²) < 4.78 is 43.9. The van der Waals surface area contributed by atoms with Gasteiger partial charge in [0.25, 0.3) is 0 Å². The Balaban J connectivity index is 0.00000180. The summed E-state index contributed by atoms with van der Waals surface area (Å²) in [6.45, 7) is -5.04. The molecule has 0 bridgehead atoms. The minimum Gasteiger partial charge on any atom is -0.497 e. The summed E-state index contributed by atoms with van der Waals surface area (Å²) in [5, 5.41) is 3.87. The number of hydrogen-bond donors (Lipinski definition) is 0. The molecule has 0 aliphatic carbocycles. The van der Waals surface area contributed by atoms with Gasteiger partial charge in [0.15, 0.2) is 0 Å². The van der Waals surface area contributed by atoms with Gasteiger partial charge in [0.05, 0.1) is 12.8 Å². The van der Waals surface area contributed by atoms with Crippen molar-refractivity contribution in [3.63, 3.8) is 0 Å². The summed E-state index contributed by atoms with van der Waals surface area (Å²) in [5.74, 6) is 0.648. The van der Waals surface area contributed by atoms with Crippen molar-refractivity contribution >= 4 is 12.6 Å². The second kappa shape index (κ2) is 6.45. The Morgan fingerprint density at radius 2 is 1.74 bits per heavy atom. The zero-order valence-electron chi connectivity index (χ0n) is 10.9. The number of halogens is 3. The van der Waals surface area contributed by atoms with E-state index in [9.17, 15) is 12.9 Å². The number of rotatable bonds is 3. The van der Waals surface area contributed by atoms with E-state index in [0.717, 1.165) is 10.7 Å². The Hall–Kier alpha value is -0.279. The second-order valence-corrected chi connectivity index (χ2v) is 3.88. The molecular formula is C11H11BF3KN2O. The summed E-state index contributed by atoms with van der Waals surface area (Å²) in [6, 6.07) is 7.77. The third kappa shape index (κ3) is 3.85. The number of aromatic nitrogens is 2. The molecule has 0 saturated carbocycles. The number of benzene rings is 1. The molecule has 0 aliphatic heterocycles. The van der Waals surface area contributed by atoms with Crippen LogP contribution in [0.15, 0.2) is 30.3 Å². The Kier molecular flexibility index (Phi) is 5.69. The average molecular weight is 294 g/mol. The number of nitrogens with zero attached hydrogens (tertiary/aromatic N) is 2. The van der Waals surface area contributed by atoms with Crippen molar-refractivity contribution in [1.82, 2.24) is 9.78 Å². The van der Waals surface area contributed by atoms with E-state index in [1.54, 1.807) is 24.3 Å². The van der Waals surface area contributed by atoms with Crippen LogP contribution in [0.5, 0.6) is 5.75 Å². The fourth-order valence-electron chi connectivity index (χ4n) is 1.69. The first-order valence-electron chi connectivity index (χ1n) is 5.30. The molecule has 0 radical (unpaired) electrons. The number of methoxy groups -OCH3 is 1. The van der Waals surface area contributed by atoms with Crippen LogP contribution in [0.1, 0.15) is 0 Å². The predicted octanol–water partition coefficient (Wildman–Crippen LogP) is -0.846. The van der Waals surface area contributed by atoms with Gasteiger partial charge in [-0.3, -0.25) is 0 Å². The van der Waals surface area contributed by atoms with Crippen LogP contribution in [0.3, 0.4) is 0 Å². The molecule has 0 saturated heterocycles. The first kappa shape index (κ1) is 16.8. The fourth-order valence-corrected chi connectivity index (χ4v) is 1.69. The number of aryl methyl sites for hydroxylation is 1. The van der Waals surface area contributed by atoms with Gasteiger partial charge < -0.3 is 22.4 Å². The van der Waals surface area contributed by atoms with Gasteiger partial charge in [-0.1, -0.05) is 0 Å². The molecule has 0 aliphatic rings. The van der Waals surface area contributed by atoms with Gasteiger partial charge in [0.1, 0.15) is 5.75 Å². The molecule has 1 aromatic carbocycles. The molecule has 0 amide bonds. The third-order valence-corrected chi connectivity index (χ3v) is 2.64. The molecule has 3 nitrogen and oxygen atoms in total. The summed E-state index contributed by atoms with van der Waals surface area (Å²) in [4.78, 5) is 0. The summed E-state index contributed by atoms with van der Waals surface area (Å²) in [6.07, 6.45) is 0. The zero-order valence-corrected chi connectivity index (χ0v) is 14.0. The van der Waals surface area contributed by atoms with Gasteiger partial charge in [0, 0.05) is 12.6 Å². The van der Waals surface area contributed by atoms with Gasteiger partial charge >= 0.3 is 58.4 Å². The zero-order chi connectivity index (χ0) is 13.3. The van der Waals surface area contributed by atoms with Crippen molar-refractivity contribution in [3.8, 4) is 17.0 Å². The summed E-state index contributed by atoms with van der Waals surface area (Å²) >= 11 is 0. The average Bonchev–Trinajstić information content (AvgIpc) is 2.71.